The van der Waals surface area contributed by atoms with Crippen molar-refractivity contribution in [2.75, 3.05) is 0 Å². The molecule has 112 valence electrons. The lowest BCUT2D eigenvalue weighted by Gasteiger charge is -2.26. The lowest BCUT2D eigenvalue weighted by molar-refractivity contribution is 0.170. The number of nitrogens with two attached hydrogens (primary N) is 1. The Morgan fingerprint density at radius 1 is 1.19 bits per heavy atom. The predicted octanol–water partition coefficient (Wildman–Crippen LogP) is 5.61. The Labute approximate surface area is 143 Å². The van der Waals surface area contributed by atoms with Gasteiger partial charge in [-0.1, -0.05) is 64.3 Å². The normalized spacial score (nSPS) is 13.8. The number of ether oxygens (including phenoxy) is 1. The van der Waals surface area contributed by atoms with Crippen molar-refractivity contribution < 1.29 is 4.74 Å². The maximum Gasteiger partial charge on any atom is 0.140 e. The van der Waals surface area contributed by atoms with Crippen molar-refractivity contribution in [2.45, 2.75) is 25.5 Å². The first kappa shape index (κ1) is 16.6. The van der Waals surface area contributed by atoms with Crippen molar-refractivity contribution in [3.63, 3.8) is 0 Å². The first-order valence-electron chi connectivity index (χ1n) is 6.64. The zero-order valence-corrected chi connectivity index (χ0v) is 14.6. The van der Waals surface area contributed by atoms with Crippen molar-refractivity contribution in [3.05, 3.63) is 62.5 Å². The van der Waals surface area contributed by atoms with E-state index in [9.17, 15) is 0 Å². The zero-order valence-electron chi connectivity index (χ0n) is 11.5. The van der Waals surface area contributed by atoms with Crippen LogP contribution in [0.2, 0.25) is 10.0 Å². The van der Waals surface area contributed by atoms with E-state index in [1.54, 1.807) is 18.2 Å². The summed E-state index contributed by atoms with van der Waals surface area (Å²) < 4.78 is 7.03. The summed E-state index contributed by atoms with van der Waals surface area (Å²) >= 11 is 15.7. The highest BCUT2D eigenvalue weighted by atomic mass is 79.9. The molecule has 0 aliphatic heterocycles. The van der Waals surface area contributed by atoms with E-state index >= 15 is 0 Å². The maximum atomic E-state index is 6.23. The highest BCUT2D eigenvalue weighted by molar-refractivity contribution is 9.10. The molecular formula is C16H16BrCl2NO. The summed E-state index contributed by atoms with van der Waals surface area (Å²) in [6.45, 7) is 2.03. The lowest BCUT2D eigenvalue weighted by atomic mass is 10.0. The summed E-state index contributed by atoms with van der Waals surface area (Å²) in [5.41, 5.74) is 7.22. The fourth-order valence-corrected chi connectivity index (χ4v) is 2.84. The van der Waals surface area contributed by atoms with Gasteiger partial charge in [-0.25, -0.2) is 0 Å². The minimum absolute atomic E-state index is 0.154. The van der Waals surface area contributed by atoms with Crippen molar-refractivity contribution in [3.8, 4) is 5.75 Å². The first-order valence-corrected chi connectivity index (χ1v) is 8.19. The number of hydrogen-bond donors (Lipinski definition) is 1. The van der Waals surface area contributed by atoms with E-state index in [0.717, 1.165) is 16.5 Å². The molecule has 0 aliphatic rings. The average Bonchev–Trinajstić information content (AvgIpc) is 2.48. The highest BCUT2D eigenvalue weighted by Crippen LogP contribution is 2.35. The van der Waals surface area contributed by atoms with Crippen molar-refractivity contribution in [1.82, 2.24) is 0 Å². The summed E-state index contributed by atoms with van der Waals surface area (Å²) in [5, 5.41) is 1.09. The van der Waals surface area contributed by atoms with Crippen LogP contribution >= 0.6 is 39.1 Å². The Bertz CT molecular complexity index is 621. The molecule has 0 bridgehead atoms. The SMILES string of the molecule is CCC(N)C(Oc1cc(Cl)ccc1Cl)c1ccccc1Br. The molecule has 0 spiro atoms. The third-order valence-electron chi connectivity index (χ3n) is 3.22. The largest absolute Gasteiger partial charge is 0.482 e. The van der Waals surface area contributed by atoms with E-state index in [4.69, 9.17) is 33.7 Å². The standard InChI is InChI=1S/C16H16BrCl2NO/c1-2-14(20)16(11-5-3-4-6-12(11)17)21-15-9-10(18)7-8-13(15)19/h3-9,14,16H,2,20H2,1H3. The van der Waals surface area contributed by atoms with E-state index in [2.05, 4.69) is 15.9 Å². The topological polar surface area (TPSA) is 35.2 Å². The molecule has 0 radical (unpaired) electrons. The Hall–Kier alpha value is -0.740. The molecule has 2 N–H and O–H groups in total. The first-order chi connectivity index (χ1) is 10.0. The summed E-state index contributed by atoms with van der Waals surface area (Å²) in [5.74, 6) is 0.536. The minimum atomic E-state index is -0.304. The third kappa shape index (κ3) is 4.13. The van der Waals surface area contributed by atoms with Crippen LogP contribution in [0.15, 0.2) is 46.9 Å². The summed E-state index contributed by atoms with van der Waals surface area (Å²) in [7, 11) is 0. The van der Waals surface area contributed by atoms with Crippen LogP contribution in [0.5, 0.6) is 5.75 Å². The van der Waals surface area contributed by atoms with Gasteiger partial charge in [-0.3, -0.25) is 0 Å². The van der Waals surface area contributed by atoms with E-state index in [-0.39, 0.29) is 12.1 Å². The van der Waals surface area contributed by atoms with Crippen LogP contribution in [0.3, 0.4) is 0 Å². The van der Waals surface area contributed by atoms with Gasteiger partial charge in [0.2, 0.25) is 0 Å². The van der Waals surface area contributed by atoms with Crippen molar-refractivity contribution in [1.29, 1.82) is 0 Å². The van der Waals surface area contributed by atoms with E-state index in [1.165, 1.54) is 0 Å². The zero-order chi connectivity index (χ0) is 15.4. The lowest BCUT2D eigenvalue weighted by Crippen LogP contribution is -2.31. The van der Waals surface area contributed by atoms with Gasteiger partial charge in [0.05, 0.1) is 5.02 Å². The van der Waals surface area contributed by atoms with Crippen LogP contribution in [0.4, 0.5) is 0 Å². The molecule has 0 saturated carbocycles. The Morgan fingerprint density at radius 3 is 2.57 bits per heavy atom. The van der Waals surface area contributed by atoms with Gasteiger partial charge in [0, 0.05) is 27.2 Å². The van der Waals surface area contributed by atoms with Gasteiger partial charge in [0.1, 0.15) is 11.9 Å². The Balaban J connectivity index is 2.38. The van der Waals surface area contributed by atoms with Crippen LogP contribution in [0.1, 0.15) is 25.0 Å². The summed E-state index contributed by atoms with van der Waals surface area (Å²) in [6.07, 6.45) is 0.478. The van der Waals surface area contributed by atoms with Gasteiger partial charge in [-0.2, -0.15) is 0 Å². The summed E-state index contributed by atoms with van der Waals surface area (Å²) in [6, 6.07) is 12.9. The molecule has 2 rings (SSSR count). The fourth-order valence-electron chi connectivity index (χ4n) is 2.01. The third-order valence-corrected chi connectivity index (χ3v) is 4.49. The van der Waals surface area contributed by atoms with Crippen LogP contribution in [0.25, 0.3) is 0 Å². The van der Waals surface area contributed by atoms with Crippen LogP contribution in [-0.4, -0.2) is 6.04 Å². The molecule has 21 heavy (non-hydrogen) atoms. The molecular weight excluding hydrogens is 373 g/mol. The minimum Gasteiger partial charge on any atom is -0.482 e. The van der Waals surface area contributed by atoms with Gasteiger partial charge in [0.15, 0.2) is 0 Å². The second-order valence-electron chi connectivity index (χ2n) is 4.71. The van der Waals surface area contributed by atoms with Gasteiger partial charge in [-0.05, 0) is 24.6 Å². The van der Waals surface area contributed by atoms with E-state index in [1.807, 2.05) is 31.2 Å². The summed E-state index contributed by atoms with van der Waals surface area (Å²) in [4.78, 5) is 0. The Morgan fingerprint density at radius 2 is 1.90 bits per heavy atom. The van der Waals surface area contributed by atoms with E-state index in [0.29, 0.717) is 15.8 Å². The van der Waals surface area contributed by atoms with Crippen LogP contribution in [-0.2, 0) is 0 Å². The molecule has 0 saturated heterocycles. The molecule has 2 aromatic rings. The molecule has 2 unspecified atom stereocenters. The van der Waals surface area contributed by atoms with Gasteiger partial charge in [0.25, 0.3) is 0 Å². The number of halogens is 3. The average molecular weight is 389 g/mol. The quantitative estimate of drug-likeness (QED) is 0.721. The van der Waals surface area contributed by atoms with Gasteiger partial charge < -0.3 is 10.5 Å². The molecule has 2 nitrogen and oxygen atoms in total. The maximum absolute atomic E-state index is 6.23. The van der Waals surface area contributed by atoms with Gasteiger partial charge >= 0.3 is 0 Å². The fraction of sp³-hybridized carbons (Fsp3) is 0.250. The molecule has 0 aromatic heterocycles. The highest BCUT2D eigenvalue weighted by Gasteiger charge is 2.23. The molecule has 0 heterocycles. The monoisotopic (exact) mass is 387 g/mol. The second-order valence-corrected chi connectivity index (χ2v) is 6.40. The predicted molar refractivity (Wildman–Crippen MR) is 92.2 cm³/mol. The van der Waals surface area contributed by atoms with Crippen molar-refractivity contribution in [2.24, 2.45) is 5.73 Å². The molecule has 5 heteroatoms. The second kappa shape index (κ2) is 7.50. The molecule has 2 atom stereocenters. The van der Waals surface area contributed by atoms with Crippen molar-refractivity contribution >= 4 is 39.1 Å². The van der Waals surface area contributed by atoms with Crippen LogP contribution in [0, 0.1) is 0 Å². The number of hydrogen-bond acceptors (Lipinski definition) is 2. The molecule has 0 fully saturated rings. The smallest absolute Gasteiger partial charge is 0.140 e. The van der Waals surface area contributed by atoms with Crippen LogP contribution < -0.4 is 10.5 Å². The van der Waals surface area contributed by atoms with E-state index < -0.39 is 0 Å². The molecule has 0 aliphatic carbocycles. The number of benzene rings is 2. The number of rotatable bonds is 5. The van der Waals surface area contributed by atoms with Gasteiger partial charge in [-0.15, -0.1) is 0 Å². The Kier molecular flexibility index (Phi) is 5.94. The molecule has 2 aromatic carbocycles. The molecule has 0 amide bonds.